The molecule has 0 radical (unpaired) electrons. The van der Waals surface area contributed by atoms with Gasteiger partial charge in [0.05, 0.1) is 0 Å². The molecule has 57 heavy (non-hydrogen) atoms. The van der Waals surface area contributed by atoms with Gasteiger partial charge in [0.1, 0.15) is 0 Å². The van der Waals surface area contributed by atoms with Crippen molar-refractivity contribution in [3.8, 4) is 0 Å². The Morgan fingerprint density at radius 2 is 1.23 bits per heavy atom. The average Bonchev–Trinajstić information content (AvgIpc) is 3.92. The first kappa shape index (κ1) is 44.3. The fourth-order valence-electron chi connectivity index (χ4n) is 10.9. The Balaban J connectivity index is 0.000000129. The summed E-state index contributed by atoms with van der Waals surface area (Å²) in [5.74, 6) is 1.79. The zero-order valence-electron chi connectivity index (χ0n) is 38.9. The number of fused-ring (bicyclic) bond motifs is 4. The summed E-state index contributed by atoms with van der Waals surface area (Å²) in [7, 11) is 0. The van der Waals surface area contributed by atoms with E-state index < -0.39 is 0 Å². The van der Waals surface area contributed by atoms with E-state index in [4.69, 9.17) is 0 Å². The Labute approximate surface area is 351 Å². The molecule has 1 aromatic rings. The minimum atomic E-state index is 0.299. The van der Waals surface area contributed by atoms with Gasteiger partial charge in [-0.1, -0.05) is 67.5 Å². The first-order valence-electron chi connectivity index (χ1n) is 23.3. The standard InChI is InChI=1S/C16H21N.C13H25N.2C12H19N/c1-16(2,3)17-9-8-15-13(11-17)10-12-6-4-5-7-14(12)15;1-13(2,3)14-10-6-8-11-7-4-5-9-12(11)14;2*1-12(2,3)13-8-7-10-5-4-6-11(10)9-13/h4-7H,8-11H2,1-3H3;11-12H,4-10H2,1-3H3;4-5H,6-9H2,1-3H3;4-6,10H,7-9H2,1-3H3. The number of nitrogens with zero attached hydrogens (tertiary/aromatic N) is 4. The number of piperidine rings is 2. The highest BCUT2D eigenvalue weighted by Gasteiger charge is 2.38. The van der Waals surface area contributed by atoms with Crippen LogP contribution in [0, 0.1) is 11.8 Å². The third kappa shape index (κ3) is 11.3. The largest absolute Gasteiger partial charge is 0.295 e. The minimum absolute atomic E-state index is 0.299. The van der Waals surface area contributed by atoms with E-state index in [0.717, 1.165) is 24.4 Å². The molecule has 2 saturated heterocycles. The van der Waals surface area contributed by atoms with Crippen molar-refractivity contribution in [1.82, 2.24) is 19.6 Å². The first-order valence-corrected chi connectivity index (χ1v) is 23.3. The second kappa shape index (κ2) is 18.2. The predicted octanol–water partition coefficient (Wildman–Crippen LogP) is 12.3. The number of likely N-dealkylation sites (tertiary alicyclic amines) is 2. The van der Waals surface area contributed by atoms with Crippen LogP contribution in [0.3, 0.4) is 0 Å². The highest BCUT2D eigenvalue weighted by molar-refractivity contribution is 5.77. The van der Waals surface area contributed by atoms with E-state index >= 15 is 0 Å². The van der Waals surface area contributed by atoms with Gasteiger partial charge in [-0.25, -0.2) is 0 Å². The Kier molecular flexibility index (Phi) is 14.1. The van der Waals surface area contributed by atoms with Gasteiger partial charge in [0.25, 0.3) is 0 Å². The molecule has 4 aliphatic carbocycles. The minimum Gasteiger partial charge on any atom is -0.295 e. The van der Waals surface area contributed by atoms with Crippen LogP contribution < -0.4 is 0 Å². The van der Waals surface area contributed by atoms with Crippen molar-refractivity contribution in [2.75, 3.05) is 45.8 Å². The Bertz CT molecular complexity index is 1660. The fourth-order valence-corrected chi connectivity index (χ4v) is 10.9. The maximum atomic E-state index is 2.78. The second-order valence-electron chi connectivity index (χ2n) is 22.6. The quantitative estimate of drug-likeness (QED) is 0.260. The van der Waals surface area contributed by atoms with Gasteiger partial charge in [0.2, 0.25) is 0 Å². The lowest BCUT2D eigenvalue weighted by atomic mass is 9.76. The van der Waals surface area contributed by atoms with Crippen molar-refractivity contribution in [3.05, 3.63) is 88.1 Å². The van der Waals surface area contributed by atoms with Crippen LogP contribution >= 0.6 is 0 Å². The maximum absolute atomic E-state index is 2.78. The number of benzene rings is 1. The molecule has 0 N–H and O–H groups in total. The third-order valence-electron chi connectivity index (χ3n) is 14.5. The molecule has 3 fully saturated rings. The Morgan fingerprint density at radius 1 is 0.596 bits per heavy atom. The maximum Gasteiger partial charge on any atom is 0.0207 e. The molecule has 1 aromatic carbocycles. The molecule has 0 amide bonds. The van der Waals surface area contributed by atoms with Crippen molar-refractivity contribution < 1.29 is 0 Å². The van der Waals surface area contributed by atoms with E-state index in [9.17, 15) is 0 Å². The van der Waals surface area contributed by atoms with Crippen molar-refractivity contribution >= 4 is 5.57 Å². The first-order chi connectivity index (χ1) is 26.8. The lowest BCUT2D eigenvalue weighted by molar-refractivity contribution is -0.00454. The van der Waals surface area contributed by atoms with Gasteiger partial charge in [-0.2, -0.15) is 0 Å². The van der Waals surface area contributed by atoms with Gasteiger partial charge in [0, 0.05) is 66.8 Å². The number of rotatable bonds is 0. The summed E-state index contributed by atoms with van der Waals surface area (Å²) in [6, 6.07) is 9.83. The molecule has 0 bridgehead atoms. The smallest absolute Gasteiger partial charge is 0.0207 e. The van der Waals surface area contributed by atoms with E-state index in [1.54, 1.807) is 27.9 Å². The van der Waals surface area contributed by atoms with E-state index in [1.807, 2.05) is 0 Å². The molecule has 4 heterocycles. The monoisotopic (exact) mass is 777 g/mol. The van der Waals surface area contributed by atoms with E-state index in [2.05, 4.69) is 157 Å². The molecule has 0 aromatic heterocycles. The van der Waals surface area contributed by atoms with Gasteiger partial charge in [-0.15, -0.1) is 0 Å². The van der Waals surface area contributed by atoms with Crippen LogP contribution in [0.15, 0.2) is 76.9 Å². The highest BCUT2D eigenvalue weighted by Crippen LogP contribution is 2.40. The molecular weight excluding hydrogens is 693 g/mol. The van der Waals surface area contributed by atoms with Gasteiger partial charge < -0.3 is 0 Å². The van der Waals surface area contributed by atoms with Gasteiger partial charge in [-0.3, -0.25) is 19.6 Å². The lowest BCUT2D eigenvalue weighted by Crippen LogP contribution is -2.54. The number of hydrogen-bond acceptors (Lipinski definition) is 4. The Hall–Kier alpha value is -2.24. The molecule has 4 heteroatoms. The molecule has 4 aliphatic heterocycles. The van der Waals surface area contributed by atoms with Crippen molar-refractivity contribution in [2.24, 2.45) is 11.8 Å². The van der Waals surface area contributed by atoms with E-state index in [0.29, 0.717) is 22.2 Å². The predicted molar refractivity (Wildman–Crippen MR) is 248 cm³/mol. The molecule has 1 saturated carbocycles. The van der Waals surface area contributed by atoms with Gasteiger partial charge in [0.15, 0.2) is 0 Å². The van der Waals surface area contributed by atoms with Crippen molar-refractivity contribution in [3.63, 3.8) is 0 Å². The fraction of sp³-hybridized carbons (Fsp3) is 0.698. The summed E-state index contributed by atoms with van der Waals surface area (Å²) >= 11 is 0. The van der Waals surface area contributed by atoms with Crippen LogP contribution in [0.5, 0.6) is 0 Å². The molecule has 9 rings (SSSR count). The molecule has 8 aliphatic rings. The zero-order chi connectivity index (χ0) is 41.2. The van der Waals surface area contributed by atoms with Crippen LogP contribution in [0.4, 0.5) is 0 Å². The SMILES string of the molecule is CC(C)(C)N1CCC2=C(CC=C2)C1.CC(C)(C)N1CCC2=C(Cc3ccccc32)C1.CC(C)(C)N1CCC2C=CC=C2C1.CC(C)(C)N1CCCC2CCCCC21. The molecular formula is C53H84N4. The molecule has 316 valence electrons. The molecule has 3 atom stereocenters. The van der Waals surface area contributed by atoms with E-state index in [-0.39, 0.29) is 0 Å². The summed E-state index contributed by atoms with van der Waals surface area (Å²) in [6.07, 6.45) is 26.5. The van der Waals surface area contributed by atoms with Gasteiger partial charge in [-0.05, 0) is 199 Å². The summed E-state index contributed by atoms with van der Waals surface area (Å²) in [5, 5.41) is 0. The number of hydrogen-bond donors (Lipinski definition) is 0. The molecule has 4 nitrogen and oxygen atoms in total. The van der Waals surface area contributed by atoms with Crippen LogP contribution in [0.25, 0.3) is 5.57 Å². The molecule has 0 spiro atoms. The normalized spacial score (nSPS) is 26.8. The Morgan fingerprint density at radius 3 is 1.93 bits per heavy atom. The number of allylic oxidation sites excluding steroid dienone is 5. The van der Waals surface area contributed by atoms with Crippen LogP contribution in [-0.2, 0) is 6.42 Å². The second-order valence-corrected chi connectivity index (χ2v) is 22.6. The van der Waals surface area contributed by atoms with Crippen LogP contribution in [0.2, 0.25) is 0 Å². The summed E-state index contributed by atoms with van der Waals surface area (Å²) in [5.41, 5.74) is 12.6. The van der Waals surface area contributed by atoms with Crippen molar-refractivity contribution in [1.29, 1.82) is 0 Å². The summed E-state index contributed by atoms with van der Waals surface area (Å²) < 4.78 is 0. The average molecular weight is 777 g/mol. The van der Waals surface area contributed by atoms with Crippen LogP contribution in [0.1, 0.15) is 158 Å². The van der Waals surface area contributed by atoms with Crippen LogP contribution in [-0.4, -0.2) is 93.6 Å². The third-order valence-corrected chi connectivity index (χ3v) is 14.5. The highest BCUT2D eigenvalue weighted by atomic mass is 15.2. The summed E-state index contributed by atoms with van der Waals surface area (Å²) in [6.45, 7) is 36.5. The lowest BCUT2D eigenvalue weighted by Gasteiger charge is -2.50. The molecule has 3 unspecified atom stereocenters. The van der Waals surface area contributed by atoms with Gasteiger partial charge >= 0.3 is 0 Å². The van der Waals surface area contributed by atoms with E-state index in [1.165, 1.54) is 121 Å². The topological polar surface area (TPSA) is 13.0 Å². The zero-order valence-corrected chi connectivity index (χ0v) is 38.9. The summed E-state index contributed by atoms with van der Waals surface area (Å²) in [4.78, 5) is 10.5. The van der Waals surface area contributed by atoms with Crippen molar-refractivity contribution in [2.45, 2.75) is 182 Å².